The van der Waals surface area contributed by atoms with Crippen LogP contribution in [0.1, 0.15) is 78.6 Å². The smallest absolute Gasteiger partial charge is 0.125 e. The minimum absolute atomic E-state index is 0.168. The summed E-state index contributed by atoms with van der Waals surface area (Å²) in [6.07, 6.45) is 15.8. The highest BCUT2D eigenvalue weighted by atomic mass is 16.3. The minimum atomic E-state index is -0.856. The van der Waals surface area contributed by atoms with Gasteiger partial charge in [0.15, 0.2) is 0 Å². The molecule has 2 N–H and O–H groups in total. The molecule has 4 saturated carbocycles. The van der Waals surface area contributed by atoms with Gasteiger partial charge < -0.3 is 10.2 Å². The van der Waals surface area contributed by atoms with Crippen LogP contribution in [0.5, 0.6) is 0 Å². The summed E-state index contributed by atoms with van der Waals surface area (Å²) < 4.78 is 0. The summed E-state index contributed by atoms with van der Waals surface area (Å²) in [6.45, 7) is 6.99. The summed E-state index contributed by atoms with van der Waals surface area (Å²) in [5.41, 5.74) is -0.159. The van der Waals surface area contributed by atoms with E-state index in [1.165, 1.54) is 38.5 Å². The Kier molecular flexibility index (Phi) is 4.10. The summed E-state index contributed by atoms with van der Waals surface area (Å²) in [5, 5.41) is 21.0. The van der Waals surface area contributed by atoms with Gasteiger partial charge in [0.1, 0.15) is 5.60 Å². The van der Waals surface area contributed by atoms with Gasteiger partial charge in [0.2, 0.25) is 0 Å². The fraction of sp³-hybridized carbons (Fsp3) is 0.913. The van der Waals surface area contributed by atoms with E-state index in [9.17, 15) is 10.2 Å². The van der Waals surface area contributed by atoms with Crippen molar-refractivity contribution in [2.75, 3.05) is 0 Å². The van der Waals surface area contributed by atoms with Crippen LogP contribution < -0.4 is 0 Å². The van der Waals surface area contributed by atoms with Crippen molar-refractivity contribution in [3.63, 3.8) is 0 Å². The van der Waals surface area contributed by atoms with Crippen molar-refractivity contribution in [3.8, 4) is 12.3 Å². The Hall–Kier alpha value is -0.520. The lowest BCUT2D eigenvalue weighted by atomic mass is 9.44. The molecule has 0 spiro atoms. The highest BCUT2D eigenvalue weighted by Gasteiger charge is 2.61. The number of hydrogen-bond acceptors (Lipinski definition) is 2. The van der Waals surface area contributed by atoms with Gasteiger partial charge in [0.25, 0.3) is 0 Å². The largest absolute Gasteiger partial charge is 0.393 e. The maximum atomic E-state index is 10.7. The summed E-state index contributed by atoms with van der Waals surface area (Å²) in [5.74, 6) is 6.16. The highest BCUT2D eigenvalue weighted by molar-refractivity contribution is 5.16. The maximum Gasteiger partial charge on any atom is 0.125 e. The van der Waals surface area contributed by atoms with Gasteiger partial charge in [-0.25, -0.2) is 0 Å². The van der Waals surface area contributed by atoms with Crippen LogP contribution in [0.15, 0.2) is 0 Å². The molecule has 4 fully saturated rings. The van der Waals surface area contributed by atoms with Crippen LogP contribution in [0, 0.1) is 52.8 Å². The van der Waals surface area contributed by atoms with Crippen LogP contribution in [-0.2, 0) is 0 Å². The molecule has 0 aromatic rings. The molecule has 2 heteroatoms. The molecule has 4 aliphatic carbocycles. The van der Waals surface area contributed by atoms with Gasteiger partial charge in [-0.1, -0.05) is 19.8 Å². The van der Waals surface area contributed by atoms with Crippen LogP contribution in [0.3, 0.4) is 0 Å². The summed E-state index contributed by atoms with van der Waals surface area (Å²) in [7, 11) is 0. The minimum Gasteiger partial charge on any atom is -0.393 e. The van der Waals surface area contributed by atoms with Crippen LogP contribution in [0.25, 0.3) is 0 Å². The second-order valence-electron chi connectivity index (χ2n) is 10.5. The van der Waals surface area contributed by atoms with E-state index >= 15 is 0 Å². The van der Waals surface area contributed by atoms with Crippen molar-refractivity contribution in [1.29, 1.82) is 0 Å². The van der Waals surface area contributed by atoms with E-state index in [0.29, 0.717) is 22.7 Å². The predicted molar refractivity (Wildman–Crippen MR) is 101 cm³/mol. The van der Waals surface area contributed by atoms with Gasteiger partial charge in [0, 0.05) is 0 Å². The molecule has 2 nitrogen and oxygen atoms in total. The van der Waals surface area contributed by atoms with Gasteiger partial charge in [-0.3, -0.25) is 0 Å². The van der Waals surface area contributed by atoms with E-state index in [2.05, 4.69) is 19.8 Å². The number of hydrogen-bond donors (Lipinski definition) is 2. The first-order chi connectivity index (χ1) is 11.7. The zero-order chi connectivity index (χ0) is 18.0. The van der Waals surface area contributed by atoms with Gasteiger partial charge in [-0.15, -0.1) is 6.42 Å². The Labute approximate surface area is 153 Å². The molecule has 1 unspecified atom stereocenters. The number of terminal acetylenes is 1. The first kappa shape index (κ1) is 17.9. The number of rotatable bonds is 1. The molecule has 4 aliphatic rings. The topological polar surface area (TPSA) is 40.5 Å². The first-order valence-electron chi connectivity index (χ1n) is 10.6. The number of aliphatic hydroxyl groups is 2. The summed E-state index contributed by atoms with van der Waals surface area (Å²) in [6, 6.07) is 0. The quantitative estimate of drug-likeness (QED) is 0.693. The Bertz CT molecular complexity index is 577. The molecule has 0 aromatic carbocycles. The Morgan fingerprint density at radius 2 is 1.68 bits per heavy atom. The van der Waals surface area contributed by atoms with Gasteiger partial charge >= 0.3 is 0 Å². The van der Waals surface area contributed by atoms with Crippen LogP contribution >= 0.6 is 0 Å². The standard InChI is InChI=1S/C23H36O2/c1-5-23(25)13-12-21(3)16(14-23)6-7-17-19-9-8-18(15(2)24)22(19,4)11-10-20(17)21/h1,15-20,24-25H,6-14H2,2-4H3/t15?,16-,17-,18+,19-,20-,21-,22+,23+/m0/s1. The average Bonchev–Trinajstić information content (AvgIpc) is 2.93. The normalized spacial score (nSPS) is 56.2. The molecule has 0 aromatic heterocycles. The average molecular weight is 345 g/mol. The molecule has 4 rings (SSSR count). The SMILES string of the molecule is C#C[C@@]1(O)CC[C@@]2(C)[C@@H](CC[C@@H]3[C@@H]2CC[C@]2(C)[C@@H](C(C)O)CC[C@@H]32)C1. The monoisotopic (exact) mass is 344 g/mol. The zero-order valence-electron chi connectivity index (χ0n) is 16.3. The van der Waals surface area contributed by atoms with Crippen molar-refractivity contribution in [3.05, 3.63) is 0 Å². The van der Waals surface area contributed by atoms with E-state index in [-0.39, 0.29) is 6.10 Å². The second-order valence-corrected chi connectivity index (χ2v) is 10.5. The van der Waals surface area contributed by atoms with E-state index in [0.717, 1.165) is 37.0 Å². The molecule has 140 valence electrons. The first-order valence-corrected chi connectivity index (χ1v) is 10.6. The van der Waals surface area contributed by atoms with Gasteiger partial charge in [-0.05, 0) is 105 Å². The predicted octanol–water partition coefficient (Wildman–Crippen LogP) is 4.39. The lowest BCUT2D eigenvalue weighted by molar-refractivity contribution is -0.142. The van der Waals surface area contributed by atoms with Crippen LogP contribution in [0.4, 0.5) is 0 Å². The fourth-order valence-electron chi connectivity index (χ4n) is 8.21. The zero-order valence-corrected chi connectivity index (χ0v) is 16.3. The van der Waals surface area contributed by atoms with Crippen LogP contribution in [0.2, 0.25) is 0 Å². The molecule has 25 heavy (non-hydrogen) atoms. The molecule has 0 saturated heterocycles. The van der Waals surface area contributed by atoms with Crippen molar-refractivity contribution in [1.82, 2.24) is 0 Å². The lowest BCUT2D eigenvalue weighted by Crippen LogP contribution is -2.56. The molecular weight excluding hydrogens is 308 g/mol. The van der Waals surface area contributed by atoms with E-state index in [4.69, 9.17) is 6.42 Å². The van der Waals surface area contributed by atoms with E-state index in [1.54, 1.807) is 0 Å². The van der Waals surface area contributed by atoms with Crippen molar-refractivity contribution in [2.24, 2.45) is 40.4 Å². The molecule has 9 atom stereocenters. The lowest BCUT2D eigenvalue weighted by Gasteiger charge is -2.61. The van der Waals surface area contributed by atoms with E-state index in [1.807, 2.05) is 6.92 Å². The summed E-state index contributed by atoms with van der Waals surface area (Å²) >= 11 is 0. The van der Waals surface area contributed by atoms with Crippen LogP contribution in [-0.4, -0.2) is 21.9 Å². The summed E-state index contributed by atoms with van der Waals surface area (Å²) in [4.78, 5) is 0. The molecule has 0 radical (unpaired) electrons. The van der Waals surface area contributed by atoms with Crippen molar-refractivity contribution in [2.45, 2.75) is 90.3 Å². The molecule has 0 amide bonds. The molecular formula is C23H36O2. The maximum absolute atomic E-state index is 10.7. The Morgan fingerprint density at radius 1 is 0.960 bits per heavy atom. The highest BCUT2D eigenvalue weighted by Crippen LogP contribution is 2.68. The van der Waals surface area contributed by atoms with Crippen molar-refractivity contribution >= 4 is 0 Å². The number of aliphatic hydroxyl groups excluding tert-OH is 1. The fourth-order valence-corrected chi connectivity index (χ4v) is 8.21. The third kappa shape index (κ3) is 2.45. The third-order valence-electron chi connectivity index (χ3n) is 9.65. The molecule has 0 heterocycles. The van der Waals surface area contributed by atoms with Crippen molar-refractivity contribution < 1.29 is 10.2 Å². The van der Waals surface area contributed by atoms with E-state index < -0.39 is 5.60 Å². The Morgan fingerprint density at radius 3 is 2.36 bits per heavy atom. The number of fused-ring (bicyclic) bond motifs is 5. The molecule has 0 aliphatic heterocycles. The van der Waals surface area contributed by atoms with Gasteiger partial charge in [0.05, 0.1) is 6.10 Å². The van der Waals surface area contributed by atoms with Gasteiger partial charge in [-0.2, -0.15) is 0 Å². The third-order valence-corrected chi connectivity index (χ3v) is 9.65. The second kappa shape index (κ2) is 5.74. The Balaban J connectivity index is 1.59. The molecule has 0 bridgehead atoms.